The number of non-ortho nitro benzene ring substituents is 1. The van der Waals surface area contributed by atoms with Crippen molar-refractivity contribution in [2.75, 3.05) is 0 Å². The molecule has 0 unspecified atom stereocenters. The van der Waals surface area contributed by atoms with E-state index >= 15 is 0 Å². The number of nitro groups is 1. The summed E-state index contributed by atoms with van der Waals surface area (Å²) in [6, 6.07) is 8.77. The van der Waals surface area contributed by atoms with Gasteiger partial charge in [0, 0.05) is 23.9 Å². The molecule has 90 valence electrons. The maximum atomic E-state index is 10.9. The van der Waals surface area contributed by atoms with Crippen molar-refractivity contribution in [2.45, 2.75) is 0 Å². The molecule has 0 aliphatic carbocycles. The maximum Gasteiger partial charge on any atom is 0.335 e. The Labute approximate surface area is 102 Å². The number of rotatable bonds is 3. The normalized spacial score (nSPS) is 10.0. The zero-order valence-electron chi connectivity index (χ0n) is 9.11. The summed E-state index contributed by atoms with van der Waals surface area (Å²) >= 11 is 0. The third-order valence-corrected chi connectivity index (χ3v) is 2.34. The number of pyridine rings is 1. The van der Waals surface area contributed by atoms with Crippen molar-refractivity contribution in [3.63, 3.8) is 0 Å². The van der Waals surface area contributed by atoms with E-state index in [4.69, 9.17) is 5.11 Å². The summed E-state index contributed by atoms with van der Waals surface area (Å²) in [5.74, 6) is -1.21. The smallest absolute Gasteiger partial charge is 0.335 e. The van der Waals surface area contributed by atoms with E-state index in [-0.39, 0.29) is 11.3 Å². The molecule has 0 spiro atoms. The molecule has 2 rings (SSSR count). The summed E-state index contributed by atoms with van der Waals surface area (Å²) < 4.78 is 0. The molecule has 2 aromatic rings. The van der Waals surface area contributed by atoms with E-state index in [0.717, 1.165) is 6.07 Å². The lowest BCUT2D eigenvalue weighted by Gasteiger charge is -2.02. The molecule has 6 nitrogen and oxygen atoms in total. The molecule has 0 aliphatic heterocycles. The van der Waals surface area contributed by atoms with Crippen molar-refractivity contribution in [2.24, 2.45) is 0 Å². The number of carbonyl (C=O) groups is 1. The molecule has 1 N–H and O–H groups in total. The molecule has 0 atom stereocenters. The summed E-state index contributed by atoms with van der Waals surface area (Å²) in [6.45, 7) is 0. The number of benzene rings is 1. The summed E-state index contributed by atoms with van der Waals surface area (Å²) in [4.78, 5) is 25.1. The highest BCUT2D eigenvalue weighted by Gasteiger charge is 2.14. The van der Waals surface area contributed by atoms with E-state index < -0.39 is 10.9 Å². The molecule has 1 heterocycles. The molecule has 1 aromatic heterocycles. The molecule has 0 radical (unpaired) electrons. The number of nitro benzene ring substituents is 1. The van der Waals surface area contributed by atoms with Gasteiger partial charge in [-0.3, -0.25) is 15.1 Å². The van der Waals surface area contributed by atoms with Gasteiger partial charge < -0.3 is 5.11 Å². The van der Waals surface area contributed by atoms with Crippen molar-refractivity contribution in [3.8, 4) is 11.3 Å². The summed E-state index contributed by atoms with van der Waals surface area (Å²) in [7, 11) is 0. The van der Waals surface area contributed by atoms with Crippen LogP contribution in [0.3, 0.4) is 0 Å². The fraction of sp³-hybridized carbons (Fsp3) is 0. The molecule has 0 amide bonds. The molecule has 0 fully saturated rings. The third kappa shape index (κ3) is 2.32. The van der Waals surface area contributed by atoms with Gasteiger partial charge in [-0.05, 0) is 18.2 Å². The molecule has 0 aliphatic rings. The lowest BCUT2D eigenvalue weighted by molar-refractivity contribution is -0.384. The van der Waals surface area contributed by atoms with Crippen LogP contribution >= 0.6 is 0 Å². The van der Waals surface area contributed by atoms with Crippen LogP contribution in [-0.4, -0.2) is 21.0 Å². The van der Waals surface area contributed by atoms with Gasteiger partial charge in [-0.2, -0.15) is 0 Å². The van der Waals surface area contributed by atoms with Crippen LogP contribution in [-0.2, 0) is 0 Å². The average molecular weight is 244 g/mol. The second-order valence-electron chi connectivity index (χ2n) is 3.55. The van der Waals surface area contributed by atoms with Gasteiger partial charge in [0.05, 0.1) is 16.2 Å². The number of hydrogen-bond donors (Lipinski definition) is 1. The van der Waals surface area contributed by atoms with Crippen molar-refractivity contribution in [1.29, 1.82) is 0 Å². The molecular weight excluding hydrogens is 236 g/mol. The number of carboxylic acids is 1. The second kappa shape index (κ2) is 4.62. The first-order valence-corrected chi connectivity index (χ1v) is 5.02. The van der Waals surface area contributed by atoms with E-state index in [1.807, 2.05) is 0 Å². The molecule has 0 bridgehead atoms. The number of carboxylic acid groups (broad SMARTS) is 1. The Kier molecular flexibility index (Phi) is 3.01. The van der Waals surface area contributed by atoms with Crippen molar-refractivity contribution >= 4 is 11.7 Å². The Morgan fingerprint density at radius 1 is 1.28 bits per heavy atom. The van der Waals surface area contributed by atoms with Crippen LogP contribution in [0.15, 0.2) is 42.6 Å². The van der Waals surface area contributed by atoms with E-state index in [2.05, 4.69) is 4.98 Å². The zero-order valence-corrected chi connectivity index (χ0v) is 9.11. The molecule has 6 heteroatoms. The summed E-state index contributed by atoms with van der Waals surface area (Å²) in [6.07, 6.45) is 1.54. The van der Waals surface area contributed by atoms with Crippen molar-refractivity contribution < 1.29 is 14.8 Å². The minimum atomic E-state index is -1.21. The fourth-order valence-electron chi connectivity index (χ4n) is 1.52. The molecule has 1 aromatic carbocycles. The van der Waals surface area contributed by atoms with E-state index in [1.54, 1.807) is 18.2 Å². The van der Waals surface area contributed by atoms with Crippen LogP contribution in [0, 0.1) is 10.1 Å². The van der Waals surface area contributed by atoms with Crippen LogP contribution in [0.2, 0.25) is 0 Å². The van der Waals surface area contributed by atoms with E-state index in [1.165, 1.54) is 18.3 Å². The van der Waals surface area contributed by atoms with Crippen molar-refractivity contribution in [1.82, 2.24) is 4.98 Å². The average Bonchev–Trinajstić information content (AvgIpc) is 2.39. The third-order valence-electron chi connectivity index (χ3n) is 2.34. The van der Waals surface area contributed by atoms with Crippen LogP contribution in [0.25, 0.3) is 11.3 Å². The van der Waals surface area contributed by atoms with Crippen LogP contribution in [0.5, 0.6) is 0 Å². The lowest BCUT2D eigenvalue weighted by Crippen LogP contribution is -1.99. The predicted octanol–water partition coefficient (Wildman–Crippen LogP) is 2.36. The van der Waals surface area contributed by atoms with Gasteiger partial charge in [0.25, 0.3) is 5.69 Å². The zero-order chi connectivity index (χ0) is 13.1. The van der Waals surface area contributed by atoms with Crippen LogP contribution in [0.1, 0.15) is 10.4 Å². The highest BCUT2D eigenvalue weighted by molar-refractivity contribution is 5.90. The second-order valence-corrected chi connectivity index (χ2v) is 3.55. The number of nitrogens with zero attached hydrogens (tertiary/aromatic N) is 2. The standard InChI is InChI=1S/C12H8N2O4/c15-12(16)9-5-8(6-10(7-9)14(17)18)11-3-1-2-4-13-11/h1-7H,(H,15,16). The Bertz CT molecular complexity index is 578. The van der Waals surface area contributed by atoms with Gasteiger partial charge in [-0.1, -0.05) is 6.07 Å². The minimum absolute atomic E-state index is 0.134. The first kappa shape index (κ1) is 11.7. The van der Waals surface area contributed by atoms with E-state index in [9.17, 15) is 14.9 Å². The number of hydrogen-bond acceptors (Lipinski definition) is 4. The Morgan fingerprint density at radius 2 is 2.06 bits per heavy atom. The molecule has 18 heavy (non-hydrogen) atoms. The van der Waals surface area contributed by atoms with Gasteiger partial charge in [0.15, 0.2) is 0 Å². The quantitative estimate of drug-likeness (QED) is 0.660. The first-order chi connectivity index (χ1) is 8.58. The van der Waals surface area contributed by atoms with Gasteiger partial charge in [0.2, 0.25) is 0 Å². The highest BCUT2D eigenvalue weighted by atomic mass is 16.6. The summed E-state index contributed by atoms with van der Waals surface area (Å²) in [5.41, 5.74) is 0.492. The Balaban J connectivity index is 2.61. The van der Waals surface area contributed by atoms with Gasteiger partial charge in [-0.25, -0.2) is 4.79 Å². The lowest BCUT2D eigenvalue weighted by atomic mass is 10.1. The van der Waals surface area contributed by atoms with E-state index in [0.29, 0.717) is 11.3 Å². The first-order valence-electron chi connectivity index (χ1n) is 5.02. The SMILES string of the molecule is O=C(O)c1cc(-c2ccccn2)cc([N+](=O)[O-])c1. The highest BCUT2D eigenvalue weighted by Crippen LogP contribution is 2.24. The fourth-order valence-corrected chi connectivity index (χ4v) is 1.52. The summed E-state index contributed by atoms with van der Waals surface area (Å²) in [5, 5.41) is 19.7. The monoisotopic (exact) mass is 244 g/mol. The molecule has 0 saturated heterocycles. The van der Waals surface area contributed by atoms with Gasteiger partial charge in [-0.15, -0.1) is 0 Å². The van der Waals surface area contributed by atoms with Gasteiger partial charge in [0.1, 0.15) is 0 Å². The van der Waals surface area contributed by atoms with Crippen LogP contribution in [0.4, 0.5) is 5.69 Å². The number of aromatic nitrogens is 1. The Morgan fingerprint density at radius 3 is 2.61 bits per heavy atom. The Hall–Kier alpha value is -2.76. The maximum absolute atomic E-state index is 10.9. The van der Waals surface area contributed by atoms with Crippen LogP contribution < -0.4 is 0 Å². The minimum Gasteiger partial charge on any atom is -0.478 e. The predicted molar refractivity (Wildman–Crippen MR) is 63.3 cm³/mol. The topological polar surface area (TPSA) is 93.3 Å². The largest absolute Gasteiger partial charge is 0.478 e. The number of aromatic carboxylic acids is 1. The molecular formula is C12H8N2O4. The molecule has 0 saturated carbocycles. The van der Waals surface area contributed by atoms with Gasteiger partial charge >= 0.3 is 5.97 Å². The van der Waals surface area contributed by atoms with Crippen molar-refractivity contribution in [3.05, 3.63) is 58.3 Å².